The number of aryl methyl sites for hydroxylation is 2. The maximum atomic E-state index is 12.0. The summed E-state index contributed by atoms with van der Waals surface area (Å²) < 4.78 is 0. The van der Waals surface area contributed by atoms with Gasteiger partial charge in [0.05, 0.1) is 6.54 Å². The third-order valence-electron chi connectivity index (χ3n) is 3.23. The van der Waals surface area contributed by atoms with Crippen molar-refractivity contribution >= 4 is 23.2 Å². The van der Waals surface area contributed by atoms with Gasteiger partial charge in [0, 0.05) is 11.3 Å². The molecule has 2 aromatic heterocycles. The maximum Gasteiger partial charge on any atom is 0.320 e. The number of nitrogens with one attached hydrogen (secondary N) is 2. The van der Waals surface area contributed by atoms with Crippen molar-refractivity contribution in [3.8, 4) is 10.6 Å². The molecule has 0 saturated carbocycles. The van der Waals surface area contributed by atoms with E-state index in [1.54, 1.807) is 0 Å². The second-order valence-electron chi connectivity index (χ2n) is 5.35. The van der Waals surface area contributed by atoms with Crippen LogP contribution in [-0.2, 0) is 6.54 Å². The van der Waals surface area contributed by atoms with Crippen molar-refractivity contribution < 1.29 is 4.79 Å². The Labute approximate surface area is 144 Å². The van der Waals surface area contributed by atoms with Crippen LogP contribution in [0.3, 0.4) is 0 Å². The van der Waals surface area contributed by atoms with E-state index in [-0.39, 0.29) is 6.03 Å². The normalized spacial score (nSPS) is 10.4. The molecule has 2 heterocycles. The first-order valence-electron chi connectivity index (χ1n) is 7.48. The Morgan fingerprint density at radius 2 is 1.92 bits per heavy atom. The Balaban J connectivity index is 1.58. The van der Waals surface area contributed by atoms with Crippen molar-refractivity contribution in [2.45, 2.75) is 20.4 Å². The van der Waals surface area contributed by atoms with Crippen molar-refractivity contribution in [1.82, 2.24) is 20.5 Å². The molecule has 24 heavy (non-hydrogen) atoms. The monoisotopic (exact) mass is 339 g/mol. The van der Waals surface area contributed by atoms with Crippen LogP contribution < -0.4 is 10.6 Å². The lowest BCUT2D eigenvalue weighted by Gasteiger charge is -2.07. The van der Waals surface area contributed by atoms with Gasteiger partial charge in [-0.15, -0.1) is 10.2 Å². The average molecular weight is 339 g/mol. The van der Waals surface area contributed by atoms with Crippen LogP contribution in [0.25, 0.3) is 10.6 Å². The number of benzene rings is 1. The Morgan fingerprint density at radius 1 is 1.12 bits per heavy atom. The molecule has 2 amide bonds. The van der Waals surface area contributed by atoms with Crippen LogP contribution >= 0.6 is 11.3 Å². The third kappa shape index (κ3) is 4.14. The molecule has 0 radical (unpaired) electrons. The predicted octanol–water partition coefficient (Wildman–Crippen LogP) is 3.54. The predicted molar refractivity (Wildman–Crippen MR) is 94.9 cm³/mol. The first-order valence-corrected chi connectivity index (χ1v) is 8.30. The van der Waals surface area contributed by atoms with Gasteiger partial charge in [-0.25, -0.2) is 9.78 Å². The van der Waals surface area contributed by atoms with E-state index in [0.29, 0.717) is 12.4 Å². The fourth-order valence-corrected chi connectivity index (χ4v) is 3.03. The Hall–Kier alpha value is -2.80. The van der Waals surface area contributed by atoms with Gasteiger partial charge >= 0.3 is 6.03 Å². The topological polar surface area (TPSA) is 79.8 Å². The van der Waals surface area contributed by atoms with Crippen molar-refractivity contribution in [1.29, 1.82) is 0 Å². The minimum Gasteiger partial charge on any atom is -0.331 e. The van der Waals surface area contributed by atoms with Gasteiger partial charge in [-0.2, -0.15) is 0 Å². The minimum atomic E-state index is -0.316. The molecule has 0 saturated heterocycles. The third-order valence-corrected chi connectivity index (χ3v) is 4.20. The van der Waals surface area contributed by atoms with E-state index in [1.807, 2.05) is 56.3 Å². The number of anilines is 1. The van der Waals surface area contributed by atoms with Crippen LogP contribution in [0.15, 0.2) is 42.5 Å². The number of carbonyl (C=O) groups excluding carboxylic acids is 1. The number of urea groups is 1. The van der Waals surface area contributed by atoms with Gasteiger partial charge in [0.1, 0.15) is 15.8 Å². The van der Waals surface area contributed by atoms with Crippen LogP contribution in [0.1, 0.15) is 16.3 Å². The van der Waals surface area contributed by atoms with E-state index >= 15 is 0 Å². The highest BCUT2D eigenvalue weighted by atomic mass is 32.1. The van der Waals surface area contributed by atoms with E-state index in [9.17, 15) is 4.79 Å². The summed E-state index contributed by atoms with van der Waals surface area (Å²) in [4.78, 5) is 16.3. The Kier molecular flexibility index (Phi) is 4.81. The van der Waals surface area contributed by atoms with Gasteiger partial charge in [0.15, 0.2) is 0 Å². The molecule has 0 atom stereocenters. The molecule has 0 unspecified atom stereocenters. The molecule has 7 heteroatoms. The summed E-state index contributed by atoms with van der Waals surface area (Å²) in [6, 6.07) is 13.3. The second-order valence-corrected chi connectivity index (χ2v) is 6.41. The van der Waals surface area contributed by atoms with Gasteiger partial charge in [0.2, 0.25) is 0 Å². The molecule has 0 aliphatic rings. The molecule has 1 aromatic carbocycles. The number of hydrogen-bond acceptors (Lipinski definition) is 5. The standard InChI is InChI=1S/C17H17N5OS/c1-11-8-12(2)19-14(9-11)20-17(23)18-10-15-21-22-16(24-15)13-6-4-3-5-7-13/h3-9H,10H2,1-2H3,(H2,18,19,20,23). The summed E-state index contributed by atoms with van der Waals surface area (Å²) in [5, 5.41) is 15.3. The summed E-state index contributed by atoms with van der Waals surface area (Å²) in [7, 11) is 0. The Morgan fingerprint density at radius 3 is 2.67 bits per heavy atom. The van der Waals surface area contributed by atoms with Crippen LogP contribution in [0.2, 0.25) is 0 Å². The number of carbonyl (C=O) groups is 1. The fraction of sp³-hybridized carbons (Fsp3) is 0.176. The second kappa shape index (κ2) is 7.18. The van der Waals surface area contributed by atoms with Crippen molar-refractivity contribution in [3.63, 3.8) is 0 Å². The van der Waals surface area contributed by atoms with E-state index in [0.717, 1.165) is 26.8 Å². The summed E-state index contributed by atoms with van der Waals surface area (Å²) in [5.74, 6) is 0.534. The molecule has 0 bridgehead atoms. The fourth-order valence-electron chi connectivity index (χ4n) is 2.24. The average Bonchev–Trinajstić information content (AvgIpc) is 3.02. The number of pyridine rings is 1. The van der Waals surface area contributed by atoms with Crippen LogP contribution in [0.5, 0.6) is 0 Å². The smallest absolute Gasteiger partial charge is 0.320 e. The van der Waals surface area contributed by atoms with E-state index in [1.165, 1.54) is 11.3 Å². The first-order chi connectivity index (χ1) is 11.6. The minimum absolute atomic E-state index is 0.316. The molecular weight excluding hydrogens is 322 g/mol. The molecule has 0 spiro atoms. The molecular formula is C17H17N5OS. The van der Waals surface area contributed by atoms with E-state index in [2.05, 4.69) is 25.8 Å². The Bertz CT molecular complexity index is 827. The van der Waals surface area contributed by atoms with Gasteiger partial charge in [-0.1, -0.05) is 41.7 Å². The quantitative estimate of drug-likeness (QED) is 0.762. The van der Waals surface area contributed by atoms with Gasteiger partial charge < -0.3 is 5.32 Å². The van der Waals surface area contributed by atoms with E-state index in [4.69, 9.17) is 0 Å². The molecule has 0 aliphatic heterocycles. The molecule has 2 N–H and O–H groups in total. The number of nitrogens with zero attached hydrogens (tertiary/aromatic N) is 3. The molecule has 3 rings (SSSR count). The molecule has 0 fully saturated rings. The summed E-state index contributed by atoms with van der Waals surface area (Å²) in [5.41, 5.74) is 2.93. The van der Waals surface area contributed by atoms with Gasteiger partial charge in [-0.05, 0) is 31.5 Å². The van der Waals surface area contributed by atoms with Crippen LogP contribution in [0.4, 0.5) is 10.6 Å². The SMILES string of the molecule is Cc1cc(C)nc(NC(=O)NCc2nnc(-c3ccccc3)s2)c1. The largest absolute Gasteiger partial charge is 0.331 e. The lowest BCUT2D eigenvalue weighted by atomic mass is 10.2. The summed E-state index contributed by atoms with van der Waals surface area (Å²) in [6.07, 6.45) is 0. The van der Waals surface area contributed by atoms with Crippen molar-refractivity contribution in [3.05, 3.63) is 58.7 Å². The van der Waals surface area contributed by atoms with Crippen molar-refractivity contribution in [2.75, 3.05) is 5.32 Å². The number of amides is 2. The number of rotatable bonds is 4. The molecule has 122 valence electrons. The zero-order chi connectivity index (χ0) is 16.9. The number of aromatic nitrogens is 3. The van der Waals surface area contributed by atoms with E-state index < -0.39 is 0 Å². The lowest BCUT2D eigenvalue weighted by Crippen LogP contribution is -2.28. The lowest BCUT2D eigenvalue weighted by molar-refractivity contribution is 0.251. The highest BCUT2D eigenvalue weighted by Gasteiger charge is 2.08. The van der Waals surface area contributed by atoms with Gasteiger partial charge in [-0.3, -0.25) is 5.32 Å². The zero-order valence-electron chi connectivity index (χ0n) is 13.4. The highest BCUT2D eigenvalue weighted by molar-refractivity contribution is 7.14. The maximum absolute atomic E-state index is 12.0. The number of hydrogen-bond donors (Lipinski definition) is 2. The first kappa shape index (κ1) is 16.1. The highest BCUT2D eigenvalue weighted by Crippen LogP contribution is 2.22. The zero-order valence-corrected chi connectivity index (χ0v) is 14.2. The van der Waals surface area contributed by atoms with Crippen LogP contribution in [0, 0.1) is 13.8 Å². The summed E-state index contributed by atoms with van der Waals surface area (Å²) >= 11 is 1.46. The van der Waals surface area contributed by atoms with Crippen molar-refractivity contribution in [2.24, 2.45) is 0 Å². The van der Waals surface area contributed by atoms with Gasteiger partial charge in [0.25, 0.3) is 0 Å². The van der Waals surface area contributed by atoms with Crippen LogP contribution in [-0.4, -0.2) is 21.2 Å². The molecule has 6 nitrogen and oxygen atoms in total. The summed E-state index contributed by atoms with van der Waals surface area (Å²) in [6.45, 7) is 4.17. The molecule has 3 aromatic rings. The molecule has 0 aliphatic carbocycles.